The summed E-state index contributed by atoms with van der Waals surface area (Å²) in [6.45, 7) is 1.09. The molecular weight excluding hydrogens is 260 g/mol. The van der Waals surface area contributed by atoms with Crippen molar-refractivity contribution in [2.24, 2.45) is 0 Å². The summed E-state index contributed by atoms with van der Waals surface area (Å²) in [5.74, 6) is 6.00. The Balaban J connectivity index is 1.58. The number of nitrogens with one attached hydrogen (secondary N) is 1. The van der Waals surface area contributed by atoms with Crippen LogP contribution in [0.1, 0.15) is 11.1 Å². The van der Waals surface area contributed by atoms with Crippen molar-refractivity contribution in [3.05, 3.63) is 65.7 Å². The van der Waals surface area contributed by atoms with Crippen molar-refractivity contribution in [1.29, 1.82) is 0 Å². The predicted octanol–water partition coefficient (Wildman–Crippen LogP) is 2.81. The van der Waals surface area contributed by atoms with Crippen molar-refractivity contribution in [2.75, 3.05) is 18.0 Å². The summed E-state index contributed by atoms with van der Waals surface area (Å²) in [6, 6.07) is 17.7. The van der Waals surface area contributed by atoms with E-state index in [1.165, 1.54) is 5.56 Å². The molecule has 1 heterocycles. The Labute approximate surface area is 124 Å². The monoisotopic (exact) mass is 276 g/mol. The fourth-order valence-corrected chi connectivity index (χ4v) is 2.43. The molecular formula is C18H16N2O. The van der Waals surface area contributed by atoms with Crippen LogP contribution in [-0.4, -0.2) is 19.1 Å². The molecule has 0 saturated carbocycles. The maximum absolute atomic E-state index is 12.2. The molecule has 1 aliphatic heterocycles. The van der Waals surface area contributed by atoms with E-state index in [9.17, 15) is 4.79 Å². The molecule has 21 heavy (non-hydrogen) atoms. The Bertz CT molecular complexity index is 698. The van der Waals surface area contributed by atoms with Gasteiger partial charge in [0.1, 0.15) is 0 Å². The molecule has 0 bridgehead atoms. The van der Waals surface area contributed by atoms with Crippen LogP contribution in [0.4, 0.5) is 10.5 Å². The minimum Gasteiger partial charge on any atom is -0.327 e. The molecule has 1 N–H and O–H groups in total. The number of rotatable bonds is 1. The van der Waals surface area contributed by atoms with Crippen molar-refractivity contribution in [1.82, 2.24) is 5.32 Å². The second kappa shape index (κ2) is 6.15. The van der Waals surface area contributed by atoms with Crippen LogP contribution in [0.5, 0.6) is 0 Å². The molecule has 3 rings (SSSR count). The number of carbonyl (C=O) groups excluding carboxylic acids is 1. The second-order valence-corrected chi connectivity index (χ2v) is 4.86. The minimum absolute atomic E-state index is 0.0812. The Hall–Kier alpha value is -2.73. The zero-order chi connectivity index (χ0) is 14.5. The molecule has 0 atom stereocenters. The number of benzene rings is 2. The molecule has 3 heteroatoms. The molecule has 104 valence electrons. The van der Waals surface area contributed by atoms with Gasteiger partial charge in [-0.2, -0.15) is 0 Å². The lowest BCUT2D eigenvalue weighted by Gasteiger charge is -2.16. The third-order valence-electron chi connectivity index (χ3n) is 3.47. The first kappa shape index (κ1) is 13.3. The Kier molecular flexibility index (Phi) is 3.88. The van der Waals surface area contributed by atoms with E-state index in [1.807, 2.05) is 48.5 Å². The predicted molar refractivity (Wildman–Crippen MR) is 84.2 cm³/mol. The summed E-state index contributed by atoms with van der Waals surface area (Å²) in [5.41, 5.74) is 3.19. The topological polar surface area (TPSA) is 32.3 Å². The number of hydrogen-bond donors (Lipinski definition) is 1. The molecule has 0 aliphatic carbocycles. The highest BCUT2D eigenvalue weighted by Crippen LogP contribution is 2.27. The quantitative estimate of drug-likeness (QED) is 0.798. The van der Waals surface area contributed by atoms with Crippen molar-refractivity contribution in [3.63, 3.8) is 0 Å². The van der Waals surface area contributed by atoms with E-state index in [0.717, 1.165) is 24.2 Å². The van der Waals surface area contributed by atoms with E-state index in [-0.39, 0.29) is 6.03 Å². The smallest absolute Gasteiger partial charge is 0.322 e. The normalized spacial score (nSPS) is 12.3. The highest BCUT2D eigenvalue weighted by molar-refractivity contribution is 5.94. The molecule has 0 spiro atoms. The first-order valence-corrected chi connectivity index (χ1v) is 7.02. The third-order valence-corrected chi connectivity index (χ3v) is 3.47. The van der Waals surface area contributed by atoms with E-state index in [1.54, 1.807) is 4.90 Å². The van der Waals surface area contributed by atoms with Crippen LogP contribution in [-0.2, 0) is 6.42 Å². The average molecular weight is 276 g/mol. The van der Waals surface area contributed by atoms with Gasteiger partial charge in [-0.15, -0.1) is 0 Å². The number of hydrogen-bond acceptors (Lipinski definition) is 1. The summed E-state index contributed by atoms with van der Waals surface area (Å²) in [7, 11) is 0. The zero-order valence-electron chi connectivity index (χ0n) is 11.7. The third kappa shape index (κ3) is 3.06. The zero-order valence-corrected chi connectivity index (χ0v) is 11.7. The van der Waals surface area contributed by atoms with Crippen molar-refractivity contribution in [3.8, 4) is 11.8 Å². The average Bonchev–Trinajstić information content (AvgIpc) is 2.96. The van der Waals surface area contributed by atoms with Gasteiger partial charge in [0.15, 0.2) is 0 Å². The summed E-state index contributed by atoms with van der Waals surface area (Å²) >= 11 is 0. The molecule has 2 amide bonds. The van der Waals surface area contributed by atoms with E-state index < -0.39 is 0 Å². The molecule has 2 aromatic carbocycles. The van der Waals surface area contributed by atoms with Crippen molar-refractivity contribution in [2.45, 2.75) is 6.42 Å². The number of para-hydroxylation sites is 1. The Morgan fingerprint density at radius 3 is 2.71 bits per heavy atom. The first-order valence-electron chi connectivity index (χ1n) is 7.02. The SMILES string of the molecule is O=C(NCC#Cc1ccccc1)N1CCc2ccccc21. The molecule has 0 unspecified atom stereocenters. The molecule has 3 nitrogen and oxygen atoms in total. The van der Waals surface area contributed by atoms with E-state index >= 15 is 0 Å². The van der Waals surface area contributed by atoms with Crippen LogP contribution in [0.3, 0.4) is 0 Å². The lowest BCUT2D eigenvalue weighted by atomic mass is 10.2. The number of amides is 2. The number of nitrogens with zero attached hydrogens (tertiary/aromatic N) is 1. The molecule has 1 aliphatic rings. The maximum atomic E-state index is 12.2. The van der Waals surface area contributed by atoms with Gasteiger partial charge in [0, 0.05) is 17.8 Å². The van der Waals surface area contributed by atoms with Crippen LogP contribution in [0, 0.1) is 11.8 Å². The minimum atomic E-state index is -0.0812. The maximum Gasteiger partial charge on any atom is 0.322 e. The summed E-state index contributed by atoms with van der Waals surface area (Å²) in [4.78, 5) is 13.9. The van der Waals surface area contributed by atoms with Gasteiger partial charge in [-0.25, -0.2) is 4.79 Å². The molecule has 0 saturated heterocycles. The fraction of sp³-hybridized carbons (Fsp3) is 0.167. The van der Waals surface area contributed by atoms with Crippen LogP contribution in [0.2, 0.25) is 0 Å². The van der Waals surface area contributed by atoms with Crippen LogP contribution < -0.4 is 10.2 Å². The van der Waals surface area contributed by atoms with Crippen LogP contribution in [0.25, 0.3) is 0 Å². The summed E-state index contributed by atoms with van der Waals surface area (Å²) in [6.07, 6.45) is 0.916. The number of anilines is 1. The van der Waals surface area contributed by atoms with Crippen molar-refractivity contribution < 1.29 is 4.79 Å². The highest BCUT2D eigenvalue weighted by Gasteiger charge is 2.23. The fourth-order valence-electron chi connectivity index (χ4n) is 2.43. The largest absolute Gasteiger partial charge is 0.327 e. The van der Waals surface area contributed by atoms with Crippen molar-refractivity contribution >= 4 is 11.7 Å². The van der Waals surface area contributed by atoms with Crippen LogP contribution >= 0.6 is 0 Å². The molecule has 0 aromatic heterocycles. The van der Waals surface area contributed by atoms with Gasteiger partial charge in [-0.3, -0.25) is 4.90 Å². The number of carbonyl (C=O) groups is 1. The van der Waals surface area contributed by atoms with Gasteiger partial charge in [0.25, 0.3) is 0 Å². The summed E-state index contributed by atoms with van der Waals surface area (Å²) in [5, 5.41) is 2.85. The first-order chi connectivity index (χ1) is 10.3. The van der Waals surface area contributed by atoms with E-state index in [4.69, 9.17) is 0 Å². The van der Waals surface area contributed by atoms with Gasteiger partial charge >= 0.3 is 6.03 Å². The molecule has 0 fully saturated rings. The standard InChI is InChI=1S/C18H16N2O/c21-18(19-13-6-9-15-7-2-1-3-8-15)20-14-12-16-10-4-5-11-17(16)20/h1-5,7-8,10-11H,12-14H2,(H,19,21). The second-order valence-electron chi connectivity index (χ2n) is 4.86. The van der Waals surface area contributed by atoms with Gasteiger partial charge in [0.05, 0.1) is 6.54 Å². The van der Waals surface area contributed by atoms with E-state index in [0.29, 0.717) is 6.54 Å². The van der Waals surface area contributed by atoms with Gasteiger partial charge in [-0.05, 0) is 30.2 Å². The Morgan fingerprint density at radius 1 is 1.10 bits per heavy atom. The highest BCUT2D eigenvalue weighted by atomic mass is 16.2. The summed E-state index contributed by atoms with van der Waals surface area (Å²) < 4.78 is 0. The number of urea groups is 1. The lowest BCUT2D eigenvalue weighted by molar-refractivity contribution is 0.248. The Morgan fingerprint density at radius 2 is 1.86 bits per heavy atom. The molecule has 2 aromatic rings. The van der Waals surface area contributed by atoms with Gasteiger partial charge in [0.2, 0.25) is 0 Å². The molecule has 0 radical (unpaired) electrons. The number of fused-ring (bicyclic) bond motifs is 1. The van der Waals surface area contributed by atoms with Crippen LogP contribution in [0.15, 0.2) is 54.6 Å². The van der Waals surface area contributed by atoms with E-state index in [2.05, 4.69) is 23.2 Å². The lowest BCUT2D eigenvalue weighted by Crippen LogP contribution is -2.39. The van der Waals surface area contributed by atoms with Gasteiger partial charge in [-0.1, -0.05) is 48.2 Å². The van der Waals surface area contributed by atoms with Gasteiger partial charge < -0.3 is 5.32 Å².